The molecule has 0 spiro atoms. The highest BCUT2D eigenvalue weighted by Gasteiger charge is 2.16. The largest absolute Gasteiger partial charge is 0.393 e. The van der Waals surface area contributed by atoms with Gasteiger partial charge in [-0.3, -0.25) is 4.68 Å². The maximum atomic E-state index is 11.0. The van der Waals surface area contributed by atoms with Crippen LogP contribution in [0.1, 0.15) is 13.3 Å². The van der Waals surface area contributed by atoms with Gasteiger partial charge in [-0.1, -0.05) is 0 Å². The smallest absolute Gasteiger partial charge is 0.354 e. The summed E-state index contributed by atoms with van der Waals surface area (Å²) in [6.45, 7) is 2.29. The van der Waals surface area contributed by atoms with Gasteiger partial charge in [-0.2, -0.15) is 5.10 Å². The van der Waals surface area contributed by atoms with Gasteiger partial charge in [0.1, 0.15) is 12.4 Å². The minimum Gasteiger partial charge on any atom is -0.393 e. The summed E-state index contributed by atoms with van der Waals surface area (Å²) in [5.74, 6) is 0. The van der Waals surface area contributed by atoms with Gasteiger partial charge < -0.3 is 5.11 Å². The Bertz CT molecular complexity index is 309. The van der Waals surface area contributed by atoms with E-state index in [0.717, 1.165) is 0 Å². The summed E-state index contributed by atoms with van der Waals surface area (Å²) in [6.07, 6.45) is 3.22. The summed E-state index contributed by atoms with van der Waals surface area (Å²) in [7, 11) is 1.29. The standard InChI is InChI=1S/C8H14N3O3/c1-7(12)3-4-10-6-8(5-9-10)11(13)14-2/h5-7,12H,3-4H2,1-2H3/q+1. The zero-order valence-electron chi connectivity index (χ0n) is 8.25. The first kappa shape index (κ1) is 10.6. The van der Waals surface area contributed by atoms with Crippen molar-refractivity contribution in [2.24, 2.45) is 0 Å². The van der Waals surface area contributed by atoms with E-state index >= 15 is 0 Å². The number of hydrogen-bond donors (Lipinski definition) is 1. The molecule has 0 aliphatic rings. The Balaban J connectivity index is 2.55. The van der Waals surface area contributed by atoms with Crippen LogP contribution in [-0.4, -0.2) is 33.0 Å². The number of rotatable bonds is 5. The van der Waals surface area contributed by atoms with Crippen molar-refractivity contribution in [3.8, 4) is 0 Å². The molecule has 0 bridgehead atoms. The maximum Gasteiger partial charge on any atom is 0.354 e. The molecule has 78 valence electrons. The lowest BCUT2D eigenvalue weighted by atomic mass is 10.3. The third-order valence-electron chi connectivity index (χ3n) is 1.77. The number of aromatic nitrogens is 2. The molecule has 1 unspecified atom stereocenters. The van der Waals surface area contributed by atoms with Crippen LogP contribution in [0.25, 0.3) is 0 Å². The zero-order valence-corrected chi connectivity index (χ0v) is 8.25. The molecule has 1 heterocycles. The van der Waals surface area contributed by atoms with E-state index in [9.17, 15) is 4.91 Å². The maximum absolute atomic E-state index is 11.0. The summed E-state index contributed by atoms with van der Waals surface area (Å²) in [4.78, 5) is 15.8. The minimum absolute atomic E-state index is 0.345. The van der Waals surface area contributed by atoms with E-state index in [1.54, 1.807) is 17.8 Å². The molecule has 6 nitrogen and oxygen atoms in total. The molecule has 0 aliphatic carbocycles. The fourth-order valence-corrected chi connectivity index (χ4v) is 0.994. The van der Waals surface area contributed by atoms with Gasteiger partial charge in [0.2, 0.25) is 0 Å². The van der Waals surface area contributed by atoms with Crippen LogP contribution >= 0.6 is 0 Å². The quantitative estimate of drug-likeness (QED) is 0.708. The fourth-order valence-electron chi connectivity index (χ4n) is 0.994. The summed E-state index contributed by atoms with van der Waals surface area (Å²) >= 11 is 0. The summed E-state index contributed by atoms with van der Waals surface area (Å²) in [5, 5.41) is 13.0. The molecule has 1 aromatic heterocycles. The average Bonchev–Trinajstić information content (AvgIpc) is 2.62. The Hall–Kier alpha value is -1.43. The minimum atomic E-state index is -0.367. The van der Waals surface area contributed by atoms with Gasteiger partial charge in [-0.15, -0.1) is 0 Å². The van der Waals surface area contributed by atoms with E-state index in [-0.39, 0.29) is 6.10 Å². The predicted molar refractivity (Wildman–Crippen MR) is 48.8 cm³/mol. The molecule has 0 radical (unpaired) electrons. The van der Waals surface area contributed by atoms with Crippen molar-refractivity contribution in [2.45, 2.75) is 26.0 Å². The first-order valence-electron chi connectivity index (χ1n) is 4.35. The SMILES string of the molecule is CO[N+](=O)c1cnn(CCC(C)O)c1. The van der Waals surface area contributed by atoms with Gasteiger partial charge in [0.25, 0.3) is 4.92 Å². The molecule has 1 N–H and O–H groups in total. The van der Waals surface area contributed by atoms with Crippen LogP contribution in [0, 0.1) is 4.91 Å². The highest BCUT2D eigenvalue weighted by Crippen LogP contribution is 2.09. The molecular weight excluding hydrogens is 186 g/mol. The Morgan fingerprint density at radius 1 is 1.79 bits per heavy atom. The van der Waals surface area contributed by atoms with Crippen LogP contribution < -0.4 is 0 Å². The summed E-state index contributed by atoms with van der Waals surface area (Å²) in [5.41, 5.74) is 0.345. The number of aliphatic hydroxyl groups is 1. The van der Waals surface area contributed by atoms with Gasteiger partial charge in [0.05, 0.1) is 11.0 Å². The predicted octanol–water partition coefficient (Wildman–Crippen LogP) is 0.626. The van der Waals surface area contributed by atoms with E-state index in [2.05, 4.69) is 9.94 Å². The Morgan fingerprint density at radius 2 is 2.50 bits per heavy atom. The Kier molecular flexibility index (Phi) is 3.58. The second kappa shape index (κ2) is 4.71. The molecule has 1 rings (SSSR count). The van der Waals surface area contributed by atoms with Crippen molar-refractivity contribution in [3.63, 3.8) is 0 Å². The monoisotopic (exact) mass is 200 g/mol. The van der Waals surface area contributed by atoms with Crippen LogP contribution in [0.4, 0.5) is 5.69 Å². The third kappa shape index (κ3) is 2.81. The molecule has 6 heteroatoms. The molecular formula is C8H14N3O3+. The van der Waals surface area contributed by atoms with Crippen molar-refractivity contribution in [3.05, 3.63) is 17.3 Å². The number of aryl methyl sites for hydroxylation is 1. The first-order chi connectivity index (χ1) is 6.63. The number of hydrogen-bond acceptors (Lipinski definition) is 4. The van der Waals surface area contributed by atoms with E-state index in [4.69, 9.17) is 5.11 Å². The molecule has 0 aromatic carbocycles. The zero-order chi connectivity index (χ0) is 10.6. The van der Waals surface area contributed by atoms with Gasteiger partial charge in [-0.05, 0) is 13.3 Å². The summed E-state index contributed by atoms with van der Waals surface area (Å²) in [6, 6.07) is 0. The lowest BCUT2D eigenvalue weighted by molar-refractivity contribution is -0.736. The van der Waals surface area contributed by atoms with E-state index in [0.29, 0.717) is 23.6 Å². The molecule has 14 heavy (non-hydrogen) atoms. The van der Waals surface area contributed by atoms with Crippen molar-refractivity contribution >= 4 is 5.69 Å². The van der Waals surface area contributed by atoms with Gasteiger partial charge >= 0.3 is 5.69 Å². The summed E-state index contributed by atoms with van der Waals surface area (Å²) < 4.78 is 1.59. The Labute approximate surface area is 81.6 Å². The van der Waals surface area contributed by atoms with Crippen molar-refractivity contribution in [1.82, 2.24) is 9.78 Å². The van der Waals surface area contributed by atoms with Crippen LogP contribution in [0.2, 0.25) is 0 Å². The highest BCUT2D eigenvalue weighted by atomic mass is 16.8. The van der Waals surface area contributed by atoms with Gasteiger partial charge in [0.15, 0.2) is 7.11 Å². The second-order valence-electron chi connectivity index (χ2n) is 3.04. The van der Waals surface area contributed by atoms with E-state index < -0.39 is 0 Å². The number of nitrogens with zero attached hydrogens (tertiary/aromatic N) is 3. The molecule has 0 saturated carbocycles. The van der Waals surface area contributed by atoms with Crippen LogP contribution in [0.15, 0.2) is 12.4 Å². The number of aliphatic hydroxyl groups excluding tert-OH is 1. The molecule has 0 amide bonds. The van der Waals surface area contributed by atoms with Crippen molar-refractivity contribution < 1.29 is 14.9 Å². The normalized spacial score (nSPS) is 12.5. The van der Waals surface area contributed by atoms with Crippen LogP contribution in [-0.2, 0) is 11.4 Å². The van der Waals surface area contributed by atoms with Crippen LogP contribution in [0.3, 0.4) is 0 Å². The van der Waals surface area contributed by atoms with Gasteiger partial charge in [0, 0.05) is 6.54 Å². The first-order valence-corrected chi connectivity index (χ1v) is 4.35. The average molecular weight is 200 g/mol. The topological polar surface area (TPSA) is 67.4 Å². The molecule has 1 atom stereocenters. The molecule has 0 fully saturated rings. The van der Waals surface area contributed by atoms with Crippen LogP contribution in [0.5, 0.6) is 0 Å². The molecule has 0 aliphatic heterocycles. The lowest BCUT2D eigenvalue weighted by Gasteiger charge is -2.02. The highest BCUT2D eigenvalue weighted by molar-refractivity contribution is 5.19. The van der Waals surface area contributed by atoms with Gasteiger partial charge in [-0.25, -0.2) is 4.84 Å². The van der Waals surface area contributed by atoms with E-state index in [1.807, 2.05) is 0 Å². The third-order valence-corrected chi connectivity index (χ3v) is 1.77. The van der Waals surface area contributed by atoms with E-state index in [1.165, 1.54) is 13.3 Å². The lowest BCUT2D eigenvalue weighted by Crippen LogP contribution is -2.07. The van der Waals surface area contributed by atoms with Crippen molar-refractivity contribution in [1.29, 1.82) is 0 Å². The van der Waals surface area contributed by atoms with Crippen molar-refractivity contribution in [2.75, 3.05) is 7.11 Å². The Morgan fingerprint density at radius 3 is 3.07 bits per heavy atom. The molecule has 0 saturated heterocycles. The second-order valence-corrected chi connectivity index (χ2v) is 3.04. The fraction of sp³-hybridized carbons (Fsp3) is 0.625. The molecule has 1 aromatic rings.